The molecule has 2 heteroatoms. The number of hydrogen-bond acceptors (Lipinski definition) is 2. The predicted molar refractivity (Wildman–Crippen MR) is 73.8 cm³/mol. The molecule has 1 aliphatic heterocycles. The highest BCUT2D eigenvalue weighted by atomic mass is 32.2. The van der Waals surface area contributed by atoms with E-state index >= 15 is 0 Å². The van der Waals surface area contributed by atoms with Crippen LogP contribution in [-0.4, -0.2) is 18.1 Å². The normalized spacial score (nSPS) is 18.1. The minimum atomic E-state index is 0.613. The fraction of sp³-hybridized carbons (Fsp3) is 0.429. The minimum Gasteiger partial charge on any atom is -0.327 e. The summed E-state index contributed by atoms with van der Waals surface area (Å²) in [5, 5.41) is 0. The van der Waals surface area contributed by atoms with Gasteiger partial charge in [0.2, 0.25) is 0 Å². The standard InChI is InChI=1S/C14H19NS/c15-9-1-2-12-3-5-13(6-4-12)14-7-10-16-11-8-14/h1-6,14H,7-11,15H2/b2-1+. The van der Waals surface area contributed by atoms with Gasteiger partial charge in [0.15, 0.2) is 0 Å². The van der Waals surface area contributed by atoms with Crippen LogP contribution in [0.1, 0.15) is 29.9 Å². The fourth-order valence-corrected chi connectivity index (χ4v) is 3.22. The lowest BCUT2D eigenvalue weighted by molar-refractivity contribution is 0.637. The molecule has 0 atom stereocenters. The Balaban J connectivity index is 2.03. The molecular weight excluding hydrogens is 214 g/mol. The molecule has 1 nitrogen and oxygen atoms in total. The van der Waals surface area contributed by atoms with Gasteiger partial charge in [0, 0.05) is 6.54 Å². The summed E-state index contributed by atoms with van der Waals surface area (Å²) in [4.78, 5) is 0. The molecule has 1 aromatic carbocycles. The molecule has 1 fully saturated rings. The van der Waals surface area contributed by atoms with E-state index in [1.807, 2.05) is 6.08 Å². The zero-order valence-electron chi connectivity index (χ0n) is 9.56. The van der Waals surface area contributed by atoms with Crippen LogP contribution in [0.4, 0.5) is 0 Å². The molecule has 1 heterocycles. The van der Waals surface area contributed by atoms with Crippen molar-refractivity contribution in [2.45, 2.75) is 18.8 Å². The first-order valence-corrected chi connectivity index (χ1v) is 7.10. The van der Waals surface area contributed by atoms with Crippen molar-refractivity contribution in [3.8, 4) is 0 Å². The molecule has 0 radical (unpaired) electrons. The highest BCUT2D eigenvalue weighted by Crippen LogP contribution is 2.31. The van der Waals surface area contributed by atoms with Gasteiger partial charge in [-0.15, -0.1) is 0 Å². The van der Waals surface area contributed by atoms with Crippen LogP contribution in [0.15, 0.2) is 30.3 Å². The summed E-state index contributed by atoms with van der Waals surface area (Å²) in [6, 6.07) is 8.94. The molecule has 1 aromatic rings. The van der Waals surface area contributed by atoms with Gasteiger partial charge in [-0.2, -0.15) is 11.8 Å². The van der Waals surface area contributed by atoms with E-state index in [2.05, 4.69) is 42.1 Å². The molecule has 0 unspecified atom stereocenters. The van der Waals surface area contributed by atoms with Crippen molar-refractivity contribution >= 4 is 17.8 Å². The topological polar surface area (TPSA) is 26.0 Å². The molecule has 0 aromatic heterocycles. The molecule has 0 saturated carbocycles. The third kappa shape index (κ3) is 3.13. The molecule has 2 N–H and O–H groups in total. The second-order valence-corrected chi connectivity index (χ2v) is 5.42. The van der Waals surface area contributed by atoms with Crippen molar-refractivity contribution in [3.05, 3.63) is 41.5 Å². The Kier molecular flexibility index (Phi) is 4.49. The van der Waals surface area contributed by atoms with Crippen molar-refractivity contribution in [3.63, 3.8) is 0 Å². The van der Waals surface area contributed by atoms with E-state index in [4.69, 9.17) is 5.73 Å². The van der Waals surface area contributed by atoms with Crippen molar-refractivity contribution in [2.75, 3.05) is 18.1 Å². The summed E-state index contributed by atoms with van der Waals surface area (Å²) < 4.78 is 0. The third-order valence-corrected chi connectivity index (χ3v) is 4.12. The lowest BCUT2D eigenvalue weighted by atomic mass is 9.93. The van der Waals surface area contributed by atoms with Crippen LogP contribution in [0.3, 0.4) is 0 Å². The van der Waals surface area contributed by atoms with Gasteiger partial charge in [-0.05, 0) is 41.4 Å². The molecule has 0 bridgehead atoms. The quantitative estimate of drug-likeness (QED) is 0.867. The molecule has 2 rings (SSSR count). The summed E-state index contributed by atoms with van der Waals surface area (Å²) >= 11 is 2.08. The molecule has 1 saturated heterocycles. The lowest BCUT2D eigenvalue weighted by Gasteiger charge is -2.21. The molecule has 1 aliphatic rings. The Labute approximate surface area is 102 Å². The zero-order chi connectivity index (χ0) is 11.2. The molecule has 16 heavy (non-hydrogen) atoms. The van der Waals surface area contributed by atoms with Gasteiger partial charge in [-0.25, -0.2) is 0 Å². The van der Waals surface area contributed by atoms with Crippen molar-refractivity contribution in [1.82, 2.24) is 0 Å². The number of thioether (sulfide) groups is 1. The van der Waals surface area contributed by atoms with E-state index in [1.54, 1.807) is 0 Å². The summed E-state index contributed by atoms with van der Waals surface area (Å²) in [5.41, 5.74) is 8.19. The van der Waals surface area contributed by atoms with Gasteiger partial charge in [0.1, 0.15) is 0 Å². The highest BCUT2D eigenvalue weighted by molar-refractivity contribution is 7.99. The first kappa shape index (κ1) is 11.7. The van der Waals surface area contributed by atoms with E-state index in [1.165, 1.54) is 35.5 Å². The molecular formula is C14H19NS. The monoisotopic (exact) mass is 233 g/mol. The molecule has 0 spiro atoms. The summed E-state index contributed by atoms with van der Waals surface area (Å²) in [6.45, 7) is 0.613. The maximum Gasteiger partial charge on any atom is 0.0110 e. The van der Waals surface area contributed by atoms with E-state index in [0.717, 1.165) is 5.92 Å². The average molecular weight is 233 g/mol. The molecule has 0 amide bonds. The molecule has 86 valence electrons. The Morgan fingerprint density at radius 1 is 1.19 bits per heavy atom. The van der Waals surface area contributed by atoms with Crippen LogP contribution in [0, 0.1) is 0 Å². The highest BCUT2D eigenvalue weighted by Gasteiger charge is 2.14. The first-order valence-electron chi connectivity index (χ1n) is 5.94. The zero-order valence-corrected chi connectivity index (χ0v) is 10.4. The van der Waals surface area contributed by atoms with E-state index in [0.29, 0.717) is 6.54 Å². The van der Waals surface area contributed by atoms with Crippen molar-refractivity contribution in [2.24, 2.45) is 5.73 Å². The maximum absolute atomic E-state index is 5.43. The number of benzene rings is 1. The number of hydrogen-bond donors (Lipinski definition) is 1. The number of nitrogens with two attached hydrogens (primary N) is 1. The Bertz CT molecular complexity index is 336. The van der Waals surface area contributed by atoms with Crippen molar-refractivity contribution < 1.29 is 0 Å². The number of rotatable bonds is 3. The predicted octanol–water partition coefficient (Wildman–Crippen LogP) is 3.27. The SMILES string of the molecule is NC/C=C/c1ccc(C2CCSCC2)cc1. The van der Waals surface area contributed by atoms with Crippen molar-refractivity contribution in [1.29, 1.82) is 0 Å². The lowest BCUT2D eigenvalue weighted by Crippen LogP contribution is -2.07. The minimum absolute atomic E-state index is 0.613. The fourth-order valence-electron chi connectivity index (χ4n) is 2.11. The second-order valence-electron chi connectivity index (χ2n) is 4.19. The van der Waals surface area contributed by atoms with Crippen LogP contribution in [0.25, 0.3) is 6.08 Å². The Morgan fingerprint density at radius 2 is 1.88 bits per heavy atom. The van der Waals surface area contributed by atoms with Gasteiger partial charge in [-0.3, -0.25) is 0 Å². The van der Waals surface area contributed by atoms with Crippen LogP contribution in [-0.2, 0) is 0 Å². The van der Waals surface area contributed by atoms with Gasteiger partial charge in [-0.1, -0.05) is 36.4 Å². The third-order valence-electron chi connectivity index (χ3n) is 3.08. The summed E-state index contributed by atoms with van der Waals surface area (Å²) in [7, 11) is 0. The van der Waals surface area contributed by atoms with Crippen LogP contribution in [0.2, 0.25) is 0 Å². The van der Waals surface area contributed by atoms with Crippen LogP contribution in [0.5, 0.6) is 0 Å². The molecule has 0 aliphatic carbocycles. The largest absolute Gasteiger partial charge is 0.327 e. The van der Waals surface area contributed by atoms with Gasteiger partial charge >= 0.3 is 0 Å². The van der Waals surface area contributed by atoms with Crippen LogP contribution >= 0.6 is 11.8 Å². The smallest absolute Gasteiger partial charge is 0.0110 e. The summed E-state index contributed by atoms with van der Waals surface area (Å²) in [6.07, 6.45) is 6.75. The van der Waals surface area contributed by atoms with E-state index in [-0.39, 0.29) is 0 Å². The van der Waals surface area contributed by atoms with Gasteiger partial charge in [0.05, 0.1) is 0 Å². The average Bonchev–Trinajstić information content (AvgIpc) is 2.38. The Hall–Kier alpha value is -0.730. The van der Waals surface area contributed by atoms with E-state index in [9.17, 15) is 0 Å². The Morgan fingerprint density at radius 3 is 2.50 bits per heavy atom. The maximum atomic E-state index is 5.43. The second kappa shape index (κ2) is 6.12. The summed E-state index contributed by atoms with van der Waals surface area (Å²) in [5.74, 6) is 3.42. The van der Waals surface area contributed by atoms with E-state index < -0.39 is 0 Å². The first-order chi connectivity index (χ1) is 7.90. The van der Waals surface area contributed by atoms with Gasteiger partial charge in [0.25, 0.3) is 0 Å². The van der Waals surface area contributed by atoms with Gasteiger partial charge < -0.3 is 5.73 Å². The van der Waals surface area contributed by atoms with Crippen LogP contribution < -0.4 is 5.73 Å².